The summed E-state index contributed by atoms with van der Waals surface area (Å²) in [5.74, 6) is 1.39. The number of methoxy groups -OCH3 is 1. The molecule has 158 valence electrons. The number of aliphatic hydroxyl groups is 1. The fourth-order valence-corrected chi connectivity index (χ4v) is 4.13. The highest BCUT2D eigenvalue weighted by atomic mass is 16.8. The lowest BCUT2D eigenvalue weighted by molar-refractivity contribution is -0.165. The molecule has 10 heteroatoms. The van der Waals surface area contributed by atoms with Crippen molar-refractivity contribution in [3.63, 3.8) is 0 Å². The fraction of sp³-hybridized carbons (Fsp3) is 0.500. The minimum Gasteiger partial charge on any atom is -0.497 e. The van der Waals surface area contributed by atoms with E-state index in [2.05, 4.69) is 20.3 Å². The highest BCUT2D eigenvalue weighted by Gasteiger charge is 2.55. The van der Waals surface area contributed by atoms with Crippen LogP contribution in [-0.2, 0) is 9.47 Å². The molecule has 30 heavy (non-hydrogen) atoms. The van der Waals surface area contributed by atoms with Gasteiger partial charge in [0, 0.05) is 6.42 Å². The molecule has 1 aliphatic carbocycles. The van der Waals surface area contributed by atoms with Gasteiger partial charge in [-0.2, -0.15) is 4.98 Å². The SMILES string of the molecule is COc1ccc(Oc2nc(C)nc3c2nnn3[C@@H]2C[C@H](O)[C@H]3OC(C)(C)O[C@H]32)cc1. The standard InChI is InChI=1S/C20H23N5O5/c1-10-21-18-15(19(22-10)28-12-7-5-11(27-4)6-8-12)23-24-25(18)13-9-14(26)17-16(13)29-20(2,3)30-17/h5-8,13-14,16-17,26H,9H2,1-4H3/t13-,14+,16+,17-/m1/s1. The van der Waals surface area contributed by atoms with Crippen LogP contribution in [0.1, 0.15) is 32.1 Å². The number of hydrogen-bond donors (Lipinski definition) is 1. The Kier molecular flexibility index (Phi) is 4.38. The maximum Gasteiger partial charge on any atom is 0.253 e. The second kappa shape index (κ2) is 6.86. The molecule has 2 aliphatic rings. The van der Waals surface area contributed by atoms with Crippen LogP contribution in [0, 0.1) is 6.92 Å². The third-order valence-electron chi connectivity index (χ3n) is 5.40. The van der Waals surface area contributed by atoms with E-state index in [1.165, 1.54) is 0 Å². The first kappa shape index (κ1) is 19.2. The predicted octanol–water partition coefficient (Wildman–Crippen LogP) is 2.16. The Morgan fingerprint density at radius 2 is 1.80 bits per heavy atom. The molecule has 0 bridgehead atoms. The Labute approximate surface area is 172 Å². The molecule has 5 rings (SSSR count). The maximum absolute atomic E-state index is 10.5. The summed E-state index contributed by atoms with van der Waals surface area (Å²) >= 11 is 0. The lowest BCUT2D eigenvalue weighted by Crippen LogP contribution is -2.29. The van der Waals surface area contributed by atoms with Gasteiger partial charge in [-0.3, -0.25) is 0 Å². The van der Waals surface area contributed by atoms with E-state index in [4.69, 9.17) is 18.9 Å². The van der Waals surface area contributed by atoms with Crippen molar-refractivity contribution in [2.45, 2.75) is 57.3 Å². The molecule has 3 aromatic rings. The van der Waals surface area contributed by atoms with Crippen molar-refractivity contribution < 1.29 is 24.1 Å². The van der Waals surface area contributed by atoms with Crippen LogP contribution in [0.15, 0.2) is 24.3 Å². The van der Waals surface area contributed by atoms with Crippen molar-refractivity contribution >= 4 is 11.2 Å². The van der Waals surface area contributed by atoms with Crippen LogP contribution in [0.5, 0.6) is 17.4 Å². The zero-order valence-electron chi connectivity index (χ0n) is 17.1. The van der Waals surface area contributed by atoms with Gasteiger partial charge in [0.2, 0.25) is 0 Å². The highest BCUT2D eigenvalue weighted by Crippen LogP contribution is 2.44. The van der Waals surface area contributed by atoms with Gasteiger partial charge in [0.25, 0.3) is 5.88 Å². The molecule has 1 aromatic carbocycles. The van der Waals surface area contributed by atoms with E-state index in [1.54, 1.807) is 43.0 Å². The Balaban J connectivity index is 1.51. The summed E-state index contributed by atoms with van der Waals surface area (Å²) in [7, 11) is 1.61. The number of rotatable bonds is 4. The minimum atomic E-state index is -0.765. The number of nitrogens with zero attached hydrogens (tertiary/aromatic N) is 5. The number of ether oxygens (including phenoxy) is 4. The lowest BCUT2D eigenvalue weighted by atomic mass is 10.2. The highest BCUT2D eigenvalue weighted by molar-refractivity contribution is 5.76. The van der Waals surface area contributed by atoms with Gasteiger partial charge in [-0.25, -0.2) is 9.67 Å². The number of fused-ring (bicyclic) bond motifs is 2. The van der Waals surface area contributed by atoms with E-state index in [9.17, 15) is 5.11 Å². The van der Waals surface area contributed by atoms with E-state index >= 15 is 0 Å². The van der Waals surface area contributed by atoms with E-state index in [-0.39, 0.29) is 12.1 Å². The number of benzene rings is 1. The number of aromatic nitrogens is 5. The molecule has 1 saturated carbocycles. The molecule has 3 heterocycles. The van der Waals surface area contributed by atoms with Crippen LogP contribution in [0.2, 0.25) is 0 Å². The molecule has 0 radical (unpaired) electrons. The van der Waals surface area contributed by atoms with Crippen LogP contribution < -0.4 is 9.47 Å². The molecular formula is C20H23N5O5. The second-order valence-corrected chi connectivity index (χ2v) is 7.99. The fourth-order valence-electron chi connectivity index (χ4n) is 4.13. The van der Waals surface area contributed by atoms with Gasteiger partial charge in [-0.1, -0.05) is 5.21 Å². The van der Waals surface area contributed by atoms with Crippen LogP contribution in [0.4, 0.5) is 0 Å². The zero-order valence-corrected chi connectivity index (χ0v) is 17.1. The van der Waals surface area contributed by atoms with Crippen molar-refractivity contribution in [1.29, 1.82) is 0 Å². The molecule has 4 atom stereocenters. The molecule has 1 N–H and O–H groups in total. The van der Waals surface area contributed by atoms with Crippen molar-refractivity contribution in [2.75, 3.05) is 7.11 Å². The van der Waals surface area contributed by atoms with E-state index < -0.39 is 18.0 Å². The molecular weight excluding hydrogens is 390 g/mol. The number of hydrogen-bond acceptors (Lipinski definition) is 9. The van der Waals surface area contributed by atoms with Crippen molar-refractivity contribution in [2.24, 2.45) is 0 Å². The van der Waals surface area contributed by atoms with Gasteiger partial charge in [-0.05, 0) is 45.0 Å². The van der Waals surface area contributed by atoms with E-state index in [0.29, 0.717) is 35.0 Å². The summed E-state index contributed by atoms with van der Waals surface area (Å²) in [6, 6.07) is 6.92. The quantitative estimate of drug-likeness (QED) is 0.687. The van der Waals surface area contributed by atoms with Crippen LogP contribution in [0.25, 0.3) is 11.2 Å². The second-order valence-electron chi connectivity index (χ2n) is 7.99. The summed E-state index contributed by atoms with van der Waals surface area (Å²) < 4.78 is 24.7. The average Bonchev–Trinajstić information content (AvgIpc) is 3.34. The third-order valence-corrected chi connectivity index (χ3v) is 5.40. The Morgan fingerprint density at radius 3 is 2.53 bits per heavy atom. The third kappa shape index (κ3) is 3.17. The molecule has 0 unspecified atom stereocenters. The van der Waals surface area contributed by atoms with Crippen LogP contribution in [0.3, 0.4) is 0 Å². The normalized spacial score (nSPS) is 27.4. The van der Waals surface area contributed by atoms with Gasteiger partial charge < -0.3 is 24.1 Å². The van der Waals surface area contributed by atoms with Crippen molar-refractivity contribution in [3.8, 4) is 17.4 Å². The minimum absolute atomic E-state index is 0.264. The van der Waals surface area contributed by atoms with E-state index in [0.717, 1.165) is 5.75 Å². The monoisotopic (exact) mass is 413 g/mol. The first-order valence-corrected chi connectivity index (χ1v) is 9.80. The summed E-state index contributed by atoms with van der Waals surface area (Å²) in [6.07, 6.45) is -0.982. The van der Waals surface area contributed by atoms with Crippen molar-refractivity contribution in [1.82, 2.24) is 25.0 Å². The first-order chi connectivity index (χ1) is 14.3. The first-order valence-electron chi connectivity index (χ1n) is 9.80. The van der Waals surface area contributed by atoms with Gasteiger partial charge in [0.15, 0.2) is 17.0 Å². The maximum atomic E-state index is 10.5. The molecule has 10 nitrogen and oxygen atoms in total. The predicted molar refractivity (Wildman–Crippen MR) is 104 cm³/mol. The summed E-state index contributed by atoms with van der Waals surface area (Å²) in [5.41, 5.74) is 0.963. The summed E-state index contributed by atoms with van der Waals surface area (Å²) in [6.45, 7) is 5.45. The molecule has 0 spiro atoms. The molecule has 1 saturated heterocycles. The topological polar surface area (TPSA) is 114 Å². The average molecular weight is 413 g/mol. The van der Waals surface area contributed by atoms with E-state index in [1.807, 2.05) is 13.8 Å². The smallest absolute Gasteiger partial charge is 0.253 e. The van der Waals surface area contributed by atoms with Gasteiger partial charge in [0.05, 0.1) is 19.3 Å². The zero-order chi connectivity index (χ0) is 21.0. The van der Waals surface area contributed by atoms with Gasteiger partial charge >= 0.3 is 0 Å². The van der Waals surface area contributed by atoms with Crippen LogP contribution in [-0.4, -0.2) is 61.3 Å². The van der Waals surface area contributed by atoms with Crippen LogP contribution >= 0.6 is 0 Å². The molecule has 1 aliphatic heterocycles. The summed E-state index contributed by atoms with van der Waals surface area (Å²) in [5, 5.41) is 19.1. The van der Waals surface area contributed by atoms with Gasteiger partial charge in [-0.15, -0.1) is 5.10 Å². The molecule has 2 aromatic heterocycles. The molecule has 0 amide bonds. The lowest BCUT2D eigenvalue weighted by Gasteiger charge is -2.22. The largest absolute Gasteiger partial charge is 0.497 e. The van der Waals surface area contributed by atoms with Crippen molar-refractivity contribution in [3.05, 3.63) is 30.1 Å². The molecule has 2 fully saturated rings. The Hall–Kier alpha value is -2.82. The Morgan fingerprint density at radius 1 is 1.10 bits per heavy atom. The van der Waals surface area contributed by atoms with Gasteiger partial charge in [0.1, 0.15) is 29.5 Å². The Bertz CT molecular complexity index is 1080. The number of aliphatic hydroxyl groups excluding tert-OH is 1. The summed E-state index contributed by atoms with van der Waals surface area (Å²) in [4.78, 5) is 8.93. The number of aryl methyl sites for hydroxylation is 1.